The molecule has 0 amide bonds. The van der Waals surface area contributed by atoms with Gasteiger partial charge in [-0.3, -0.25) is 0 Å². The van der Waals surface area contributed by atoms with Gasteiger partial charge < -0.3 is 5.73 Å². The Kier molecular flexibility index (Phi) is 3.42. The minimum absolute atomic E-state index is 0.239. The van der Waals surface area contributed by atoms with E-state index in [1.807, 2.05) is 6.92 Å². The predicted molar refractivity (Wildman–Crippen MR) is 80.4 cm³/mol. The van der Waals surface area contributed by atoms with Gasteiger partial charge in [-0.05, 0) is 37.3 Å². The van der Waals surface area contributed by atoms with Gasteiger partial charge in [-0.1, -0.05) is 30.7 Å². The third-order valence-corrected chi connectivity index (χ3v) is 4.97. The second kappa shape index (κ2) is 5.06. The van der Waals surface area contributed by atoms with Crippen LogP contribution in [0.3, 0.4) is 0 Å². The first kappa shape index (κ1) is 12.8. The van der Waals surface area contributed by atoms with Crippen molar-refractivity contribution in [2.24, 2.45) is 5.73 Å². The number of fused-ring (bicyclic) bond motifs is 1. The first-order valence-corrected chi connectivity index (χ1v) is 7.84. The summed E-state index contributed by atoms with van der Waals surface area (Å²) in [5.74, 6) is 0. The number of aromatic nitrogens is 1. The summed E-state index contributed by atoms with van der Waals surface area (Å²) < 4.78 is 0. The van der Waals surface area contributed by atoms with Gasteiger partial charge in [-0.2, -0.15) is 0 Å². The lowest BCUT2D eigenvalue weighted by atomic mass is 9.83. The maximum absolute atomic E-state index is 6.78. The number of nitrogens with zero attached hydrogens (tertiary/aromatic N) is 1. The van der Waals surface area contributed by atoms with Crippen LogP contribution in [0.1, 0.15) is 41.1 Å². The molecule has 1 aromatic heterocycles. The molecule has 0 aliphatic heterocycles. The molecular formula is C16H20N2S. The van der Waals surface area contributed by atoms with Crippen molar-refractivity contribution in [3.05, 3.63) is 51.5 Å². The Balaban J connectivity index is 1.97. The van der Waals surface area contributed by atoms with Crippen LogP contribution in [-0.4, -0.2) is 4.98 Å². The summed E-state index contributed by atoms with van der Waals surface area (Å²) in [5, 5.41) is 3.28. The Labute approximate surface area is 118 Å². The van der Waals surface area contributed by atoms with Crippen molar-refractivity contribution < 1.29 is 0 Å². The molecule has 3 rings (SSSR count). The molecule has 0 radical (unpaired) electrons. The number of nitrogens with two attached hydrogens (primary N) is 1. The first-order chi connectivity index (χ1) is 9.17. The molecule has 1 aliphatic rings. The maximum Gasteiger partial charge on any atom is 0.0949 e. The van der Waals surface area contributed by atoms with E-state index in [1.165, 1.54) is 24.0 Å². The van der Waals surface area contributed by atoms with Crippen molar-refractivity contribution in [1.82, 2.24) is 4.98 Å². The van der Waals surface area contributed by atoms with E-state index >= 15 is 0 Å². The Hall–Kier alpha value is -1.19. The molecule has 1 aliphatic carbocycles. The second-order valence-corrected chi connectivity index (χ2v) is 6.52. The van der Waals surface area contributed by atoms with Crippen LogP contribution in [0.25, 0.3) is 0 Å². The Morgan fingerprint density at radius 2 is 2.16 bits per heavy atom. The lowest BCUT2D eigenvalue weighted by Gasteiger charge is -2.29. The van der Waals surface area contributed by atoms with E-state index in [-0.39, 0.29) is 5.54 Å². The normalized spacial score (nSPS) is 22.8. The van der Waals surface area contributed by atoms with E-state index in [1.54, 1.807) is 11.3 Å². The van der Waals surface area contributed by atoms with Gasteiger partial charge in [-0.15, -0.1) is 11.3 Å². The van der Waals surface area contributed by atoms with Gasteiger partial charge in [0.2, 0.25) is 0 Å². The third kappa shape index (κ3) is 2.58. The van der Waals surface area contributed by atoms with Crippen LogP contribution in [0.4, 0.5) is 0 Å². The van der Waals surface area contributed by atoms with E-state index < -0.39 is 0 Å². The van der Waals surface area contributed by atoms with Crippen molar-refractivity contribution in [3.63, 3.8) is 0 Å². The zero-order valence-corrected chi connectivity index (χ0v) is 12.2. The SMILES string of the molecule is Cc1csc(CC2(N)CCCCc3ccccc32)n1. The van der Waals surface area contributed by atoms with Crippen molar-refractivity contribution in [1.29, 1.82) is 0 Å². The Morgan fingerprint density at radius 1 is 1.32 bits per heavy atom. The predicted octanol–water partition coefficient (Wildman–Crippen LogP) is 3.57. The molecule has 1 unspecified atom stereocenters. The standard InChI is InChI=1S/C16H20N2S/c1-12-11-19-15(18-12)10-16(17)9-5-4-7-13-6-2-3-8-14(13)16/h2-3,6,8,11H,4-5,7,9-10,17H2,1H3. The minimum Gasteiger partial charge on any atom is -0.321 e. The van der Waals surface area contributed by atoms with Gasteiger partial charge in [-0.25, -0.2) is 4.98 Å². The molecule has 1 atom stereocenters. The largest absolute Gasteiger partial charge is 0.321 e. The summed E-state index contributed by atoms with van der Waals surface area (Å²) >= 11 is 1.73. The molecule has 0 saturated heterocycles. The number of thiazole rings is 1. The lowest BCUT2D eigenvalue weighted by molar-refractivity contribution is 0.398. The monoisotopic (exact) mass is 272 g/mol. The summed E-state index contributed by atoms with van der Waals surface area (Å²) in [6.07, 6.45) is 5.53. The summed E-state index contributed by atoms with van der Waals surface area (Å²) in [7, 11) is 0. The van der Waals surface area contributed by atoms with E-state index in [4.69, 9.17) is 5.73 Å². The van der Waals surface area contributed by atoms with Crippen LogP contribution in [0.15, 0.2) is 29.6 Å². The molecule has 1 aromatic carbocycles. The maximum atomic E-state index is 6.78. The van der Waals surface area contributed by atoms with Crippen molar-refractivity contribution >= 4 is 11.3 Å². The quantitative estimate of drug-likeness (QED) is 0.849. The molecule has 19 heavy (non-hydrogen) atoms. The molecule has 0 spiro atoms. The molecular weight excluding hydrogens is 252 g/mol. The smallest absolute Gasteiger partial charge is 0.0949 e. The fourth-order valence-corrected chi connectivity index (χ4v) is 3.95. The van der Waals surface area contributed by atoms with Crippen LogP contribution in [0.5, 0.6) is 0 Å². The number of aryl methyl sites for hydroxylation is 2. The Bertz CT molecular complexity index is 576. The molecule has 1 heterocycles. The summed E-state index contributed by atoms with van der Waals surface area (Å²) in [4.78, 5) is 4.59. The fourth-order valence-electron chi connectivity index (χ4n) is 3.05. The molecule has 2 aromatic rings. The summed E-state index contributed by atoms with van der Waals surface area (Å²) in [6.45, 7) is 2.05. The highest BCUT2D eigenvalue weighted by Crippen LogP contribution is 2.35. The van der Waals surface area contributed by atoms with Crippen LogP contribution in [0.2, 0.25) is 0 Å². The zero-order chi connectivity index (χ0) is 13.3. The average molecular weight is 272 g/mol. The molecule has 100 valence electrons. The average Bonchev–Trinajstić information content (AvgIpc) is 2.72. The molecule has 0 saturated carbocycles. The number of benzene rings is 1. The summed E-state index contributed by atoms with van der Waals surface area (Å²) in [6, 6.07) is 8.67. The summed E-state index contributed by atoms with van der Waals surface area (Å²) in [5.41, 5.74) is 10.4. The lowest BCUT2D eigenvalue weighted by Crippen LogP contribution is -2.39. The van der Waals surface area contributed by atoms with Crippen molar-refractivity contribution in [3.8, 4) is 0 Å². The van der Waals surface area contributed by atoms with Crippen LogP contribution >= 0.6 is 11.3 Å². The number of hydrogen-bond donors (Lipinski definition) is 1. The molecule has 3 heteroatoms. The molecule has 0 fully saturated rings. The van der Waals surface area contributed by atoms with E-state index in [9.17, 15) is 0 Å². The van der Waals surface area contributed by atoms with Crippen LogP contribution < -0.4 is 5.73 Å². The zero-order valence-electron chi connectivity index (χ0n) is 11.4. The second-order valence-electron chi connectivity index (χ2n) is 5.58. The highest BCUT2D eigenvalue weighted by atomic mass is 32.1. The van der Waals surface area contributed by atoms with E-state index in [2.05, 4.69) is 34.6 Å². The number of hydrogen-bond acceptors (Lipinski definition) is 3. The highest BCUT2D eigenvalue weighted by molar-refractivity contribution is 7.09. The minimum atomic E-state index is -0.239. The van der Waals surface area contributed by atoms with Gasteiger partial charge >= 0.3 is 0 Å². The van der Waals surface area contributed by atoms with Crippen LogP contribution in [-0.2, 0) is 18.4 Å². The molecule has 2 N–H and O–H groups in total. The van der Waals surface area contributed by atoms with Crippen molar-refractivity contribution in [2.45, 2.75) is 44.6 Å². The highest BCUT2D eigenvalue weighted by Gasteiger charge is 2.32. The van der Waals surface area contributed by atoms with Gasteiger partial charge in [0.05, 0.1) is 5.01 Å². The van der Waals surface area contributed by atoms with E-state index in [0.29, 0.717) is 0 Å². The molecule has 2 nitrogen and oxygen atoms in total. The number of rotatable bonds is 2. The first-order valence-electron chi connectivity index (χ1n) is 6.96. The van der Waals surface area contributed by atoms with Crippen LogP contribution in [0, 0.1) is 6.92 Å². The molecule has 0 bridgehead atoms. The Morgan fingerprint density at radius 3 is 2.95 bits per heavy atom. The van der Waals surface area contributed by atoms with Gasteiger partial charge in [0.15, 0.2) is 0 Å². The van der Waals surface area contributed by atoms with E-state index in [0.717, 1.165) is 30.0 Å². The van der Waals surface area contributed by atoms with Gasteiger partial charge in [0, 0.05) is 23.0 Å². The van der Waals surface area contributed by atoms with Gasteiger partial charge in [0.1, 0.15) is 0 Å². The topological polar surface area (TPSA) is 38.9 Å². The van der Waals surface area contributed by atoms with Crippen molar-refractivity contribution in [2.75, 3.05) is 0 Å². The third-order valence-electron chi connectivity index (χ3n) is 4.01. The fraction of sp³-hybridized carbons (Fsp3) is 0.438. The van der Waals surface area contributed by atoms with Gasteiger partial charge in [0.25, 0.3) is 0 Å².